The molecule has 0 unspecified atom stereocenters. The van der Waals surface area contributed by atoms with Gasteiger partial charge in [-0.2, -0.15) is 0 Å². The fraction of sp³-hybridized carbons (Fsp3) is 0. The van der Waals surface area contributed by atoms with Crippen LogP contribution in [0.4, 0.5) is 0 Å². The van der Waals surface area contributed by atoms with Gasteiger partial charge in [0.25, 0.3) is 0 Å². The number of rotatable bonds is 4. The summed E-state index contributed by atoms with van der Waals surface area (Å²) in [4.78, 5) is 16.8. The predicted molar refractivity (Wildman–Crippen MR) is 230 cm³/mol. The lowest BCUT2D eigenvalue weighted by atomic mass is 10.0. The number of aromatic nitrogens is 5. The molecule has 5 heterocycles. The molecule has 0 spiro atoms. The van der Waals surface area contributed by atoms with E-state index in [-0.39, 0.29) is 0 Å². The summed E-state index contributed by atoms with van der Waals surface area (Å²) in [5.74, 6) is 0.727. The average molecular weight is 720 g/mol. The van der Waals surface area contributed by atoms with Gasteiger partial charge in [-0.05, 0) is 36.4 Å². The molecule has 5 aromatic heterocycles. The summed E-state index contributed by atoms with van der Waals surface area (Å²) in [5, 5.41) is 8.03. The molecule has 0 N–H and O–H groups in total. The van der Waals surface area contributed by atoms with E-state index in [1.54, 1.807) is 11.3 Å². The standard InChI is InChI=1S/C49H29N5S/c1-4-15-30(16-5-1)43-42-36-23-14-26-41(47(36)55-49(42)52-48(51-43)31-17-6-2-7-18-31)54-40-25-13-10-21-33(40)35-27-28-37-44(46(35)54)50-29-38-34-22-11-12-24-39(34)53(45(37)38)32-19-8-3-9-20-32/h1-29H. The number of benzene rings is 7. The summed E-state index contributed by atoms with van der Waals surface area (Å²) in [5.41, 5.74) is 10.8. The van der Waals surface area contributed by atoms with Crippen molar-refractivity contribution >= 4 is 86.2 Å². The number of hydrogen-bond acceptors (Lipinski definition) is 4. The quantitative estimate of drug-likeness (QED) is 0.182. The summed E-state index contributed by atoms with van der Waals surface area (Å²) < 4.78 is 5.99. The van der Waals surface area contributed by atoms with Crippen molar-refractivity contribution in [2.45, 2.75) is 0 Å². The highest BCUT2D eigenvalue weighted by Crippen LogP contribution is 2.45. The maximum absolute atomic E-state index is 5.34. The van der Waals surface area contributed by atoms with Gasteiger partial charge in [0.2, 0.25) is 0 Å². The maximum atomic E-state index is 5.34. The second kappa shape index (κ2) is 11.7. The fourth-order valence-electron chi connectivity index (χ4n) is 8.63. The number of thiophene rings is 1. The number of fused-ring (bicyclic) bond motifs is 12. The Morgan fingerprint density at radius 2 is 1.05 bits per heavy atom. The van der Waals surface area contributed by atoms with Crippen molar-refractivity contribution in [2.24, 2.45) is 0 Å². The Morgan fingerprint density at radius 3 is 1.82 bits per heavy atom. The van der Waals surface area contributed by atoms with E-state index in [0.717, 1.165) is 87.2 Å². The molecule has 0 amide bonds. The zero-order valence-corrected chi connectivity index (χ0v) is 30.2. The Balaban J connectivity index is 1.21. The lowest BCUT2D eigenvalue weighted by molar-refractivity contribution is 1.18. The number of para-hydroxylation sites is 3. The van der Waals surface area contributed by atoms with E-state index in [9.17, 15) is 0 Å². The van der Waals surface area contributed by atoms with Crippen LogP contribution in [0.25, 0.3) is 109 Å². The smallest absolute Gasteiger partial charge is 0.161 e. The number of pyridine rings is 1. The molecule has 12 rings (SSSR count). The predicted octanol–water partition coefficient (Wildman–Crippen LogP) is 12.9. The van der Waals surface area contributed by atoms with Gasteiger partial charge in [0.1, 0.15) is 4.83 Å². The summed E-state index contributed by atoms with van der Waals surface area (Å²) in [7, 11) is 0. The molecule has 0 radical (unpaired) electrons. The van der Waals surface area contributed by atoms with Crippen molar-refractivity contribution in [1.29, 1.82) is 0 Å². The van der Waals surface area contributed by atoms with E-state index >= 15 is 0 Å². The van der Waals surface area contributed by atoms with Crippen LogP contribution in [-0.2, 0) is 0 Å². The van der Waals surface area contributed by atoms with E-state index in [2.05, 4.69) is 167 Å². The minimum absolute atomic E-state index is 0.727. The number of nitrogens with zero attached hydrogens (tertiary/aromatic N) is 5. The molecular formula is C49H29N5S. The summed E-state index contributed by atoms with van der Waals surface area (Å²) in [6.07, 6.45) is 2.08. The Labute approximate surface area is 319 Å². The van der Waals surface area contributed by atoms with Crippen molar-refractivity contribution in [2.75, 3.05) is 0 Å². The molecule has 0 fully saturated rings. The Kier molecular flexibility index (Phi) is 6.44. The van der Waals surface area contributed by atoms with Gasteiger partial charge in [0.15, 0.2) is 5.82 Å². The van der Waals surface area contributed by atoms with Crippen molar-refractivity contribution < 1.29 is 0 Å². The van der Waals surface area contributed by atoms with Crippen LogP contribution in [0.2, 0.25) is 0 Å². The van der Waals surface area contributed by atoms with Crippen molar-refractivity contribution in [1.82, 2.24) is 24.1 Å². The molecule has 0 aliphatic rings. The largest absolute Gasteiger partial charge is 0.309 e. The highest BCUT2D eigenvalue weighted by Gasteiger charge is 2.24. The first-order valence-corrected chi connectivity index (χ1v) is 19.3. The van der Waals surface area contributed by atoms with Gasteiger partial charge >= 0.3 is 0 Å². The zero-order valence-electron chi connectivity index (χ0n) is 29.4. The number of hydrogen-bond donors (Lipinski definition) is 0. The molecule has 0 bridgehead atoms. The van der Waals surface area contributed by atoms with E-state index in [1.807, 2.05) is 18.2 Å². The average Bonchev–Trinajstić information content (AvgIpc) is 3.92. The maximum Gasteiger partial charge on any atom is 0.161 e. The molecular weight excluding hydrogens is 691 g/mol. The molecule has 0 atom stereocenters. The Hall–Kier alpha value is -7.15. The normalized spacial score (nSPS) is 12.0. The van der Waals surface area contributed by atoms with Gasteiger partial charge in [-0.3, -0.25) is 4.98 Å². The minimum Gasteiger partial charge on any atom is -0.309 e. The first-order valence-electron chi connectivity index (χ1n) is 18.5. The molecule has 0 saturated heterocycles. The summed E-state index contributed by atoms with van der Waals surface area (Å²) >= 11 is 1.74. The van der Waals surface area contributed by atoms with Crippen molar-refractivity contribution in [3.63, 3.8) is 0 Å². The van der Waals surface area contributed by atoms with Gasteiger partial charge in [0, 0.05) is 60.7 Å². The van der Waals surface area contributed by atoms with E-state index in [0.29, 0.717) is 0 Å². The topological polar surface area (TPSA) is 48.5 Å². The molecule has 7 aromatic carbocycles. The third-order valence-electron chi connectivity index (χ3n) is 11.0. The molecule has 6 heteroatoms. The molecule has 55 heavy (non-hydrogen) atoms. The van der Waals surface area contributed by atoms with Gasteiger partial charge in [-0.1, -0.05) is 133 Å². The molecule has 0 saturated carbocycles. The van der Waals surface area contributed by atoms with E-state index in [1.165, 1.54) is 21.7 Å². The van der Waals surface area contributed by atoms with E-state index in [4.69, 9.17) is 15.0 Å². The first kappa shape index (κ1) is 30.3. The lowest BCUT2D eigenvalue weighted by Crippen LogP contribution is -1.97. The molecule has 5 nitrogen and oxygen atoms in total. The van der Waals surface area contributed by atoms with Crippen LogP contribution in [-0.4, -0.2) is 24.1 Å². The van der Waals surface area contributed by atoms with Gasteiger partial charge < -0.3 is 9.13 Å². The second-order valence-electron chi connectivity index (χ2n) is 14.0. The SMILES string of the molecule is c1ccc(-c2nc(-c3ccccc3)c3c(n2)sc2c(-n4c5ccccc5c5ccc6c(ncc7c8ccccc8n(-c8ccccc8)c76)c54)cccc23)cc1. The third kappa shape index (κ3) is 4.37. The highest BCUT2D eigenvalue weighted by atomic mass is 32.1. The van der Waals surface area contributed by atoms with Gasteiger partial charge in [-0.25, -0.2) is 9.97 Å². The van der Waals surface area contributed by atoms with Crippen LogP contribution < -0.4 is 0 Å². The molecule has 0 aliphatic heterocycles. The summed E-state index contributed by atoms with van der Waals surface area (Å²) in [6.45, 7) is 0. The summed E-state index contributed by atoms with van der Waals surface area (Å²) in [6, 6.07) is 60.0. The second-order valence-corrected chi connectivity index (χ2v) is 15.0. The molecule has 256 valence electrons. The monoisotopic (exact) mass is 719 g/mol. The first-order chi connectivity index (χ1) is 27.3. The Morgan fingerprint density at radius 1 is 0.436 bits per heavy atom. The molecule has 12 aromatic rings. The van der Waals surface area contributed by atoms with E-state index < -0.39 is 0 Å². The third-order valence-corrected chi connectivity index (χ3v) is 12.1. The van der Waals surface area contributed by atoms with Crippen LogP contribution >= 0.6 is 11.3 Å². The Bertz CT molecular complexity index is 3470. The highest BCUT2D eigenvalue weighted by molar-refractivity contribution is 7.26. The van der Waals surface area contributed by atoms with Gasteiger partial charge in [0.05, 0.1) is 43.7 Å². The van der Waals surface area contributed by atoms with Crippen LogP contribution in [0.3, 0.4) is 0 Å². The fourth-order valence-corrected chi connectivity index (χ4v) is 9.81. The van der Waals surface area contributed by atoms with Crippen LogP contribution in [0, 0.1) is 0 Å². The van der Waals surface area contributed by atoms with Crippen molar-refractivity contribution in [3.05, 3.63) is 176 Å². The zero-order chi connectivity index (χ0) is 36.0. The van der Waals surface area contributed by atoms with Crippen molar-refractivity contribution in [3.8, 4) is 34.0 Å². The minimum atomic E-state index is 0.727. The van der Waals surface area contributed by atoms with Crippen LogP contribution in [0.5, 0.6) is 0 Å². The lowest BCUT2D eigenvalue weighted by Gasteiger charge is -2.13. The van der Waals surface area contributed by atoms with Crippen LogP contribution in [0.1, 0.15) is 0 Å². The van der Waals surface area contributed by atoms with Gasteiger partial charge in [-0.15, -0.1) is 11.3 Å². The van der Waals surface area contributed by atoms with Crippen LogP contribution in [0.15, 0.2) is 176 Å². The molecule has 0 aliphatic carbocycles.